The van der Waals surface area contributed by atoms with Gasteiger partial charge in [-0.2, -0.15) is 0 Å². The predicted molar refractivity (Wildman–Crippen MR) is 74.0 cm³/mol. The summed E-state index contributed by atoms with van der Waals surface area (Å²) in [5, 5.41) is 3.56. The van der Waals surface area contributed by atoms with Gasteiger partial charge in [0, 0.05) is 11.6 Å². The largest absolute Gasteiger partial charge is 0.310 e. The molecule has 0 bridgehead atoms. The molecule has 1 atom stereocenters. The topological polar surface area (TPSA) is 12.0 Å². The van der Waals surface area contributed by atoms with Crippen molar-refractivity contribution < 1.29 is 4.39 Å². The summed E-state index contributed by atoms with van der Waals surface area (Å²) in [5.41, 5.74) is 0.859. The lowest BCUT2D eigenvalue weighted by Crippen LogP contribution is -2.31. The second-order valence-corrected chi connectivity index (χ2v) is 5.35. The molecule has 100 valence electrons. The zero-order valence-corrected chi connectivity index (χ0v) is 11.3. The van der Waals surface area contributed by atoms with E-state index in [9.17, 15) is 4.39 Å². The van der Waals surface area contributed by atoms with Crippen LogP contribution in [0, 0.1) is 11.7 Å². The summed E-state index contributed by atoms with van der Waals surface area (Å²) in [7, 11) is 0. The van der Waals surface area contributed by atoms with Gasteiger partial charge in [0.15, 0.2) is 0 Å². The molecule has 0 aromatic heterocycles. The average molecular weight is 249 g/mol. The molecule has 2 rings (SSSR count). The summed E-state index contributed by atoms with van der Waals surface area (Å²) >= 11 is 0. The lowest BCUT2D eigenvalue weighted by Gasteiger charge is -2.31. The first-order valence-corrected chi connectivity index (χ1v) is 7.30. The first-order valence-electron chi connectivity index (χ1n) is 7.30. The molecule has 1 aromatic rings. The number of halogens is 1. The van der Waals surface area contributed by atoms with Gasteiger partial charge < -0.3 is 5.32 Å². The van der Waals surface area contributed by atoms with Crippen molar-refractivity contribution >= 4 is 0 Å². The summed E-state index contributed by atoms with van der Waals surface area (Å²) < 4.78 is 14.0. The van der Waals surface area contributed by atoms with E-state index in [0.717, 1.165) is 18.5 Å². The maximum Gasteiger partial charge on any atom is 0.127 e. The van der Waals surface area contributed by atoms with Gasteiger partial charge in [0.05, 0.1) is 0 Å². The Morgan fingerprint density at radius 3 is 2.61 bits per heavy atom. The van der Waals surface area contributed by atoms with Crippen molar-refractivity contribution in [1.82, 2.24) is 5.32 Å². The fraction of sp³-hybridized carbons (Fsp3) is 0.625. The lowest BCUT2D eigenvalue weighted by atomic mass is 9.81. The molecule has 1 aliphatic rings. The van der Waals surface area contributed by atoms with Crippen molar-refractivity contribution in [2.75, 3.05) is 6.54 Å². The molecule has 0 amide bonds. The Labute approximate surface area is 110 Å². The highest BCUT2D eigenvalue weighted by atomic mass is 19.1. The summed E-state index contributed by atoms with van der Waals surface area (Å²) in [4.78, 5) is 0. The van der Waals surface area contributed by atoms with Gasteiger partial charge in [0.1, 0.15) is 5.82 Å². The molecule has 0 radical (unpaired) electrons. The second kappa shape index (κ2) is 6.89. The Hall–Kier alpha value is -0.890. The van der Waals surface area contributed by atoms with Gasteiger partial charge in [0.2, 0.25) is 0 Å². The molecular formula is C16H24FN. The highest BCUT2D eigenvalue weighted by Gasteiger charge is 2.26. The van der Waals surface area contributed by atoms with Crippen molar-refractivity contribution in [1.29, 1.82) is 0 Å². The van der Waals surface area contributed by atoms with Gasteiger partial charge >= 0.3 is 0 Å². The van der Waals surface area contributed by atoms with E-state index in [0.29, 0.717) is 5.92 Å². The number of benzene rings is 1. The van der Waals surface area contributed by atoms with Crippen LogP contribution in [0.25, 0.3) is 0 Å². The van der Waals surface area contributed by atoms with Gasteiger partial charge in [0.25, 0.3) is 0 Å². The van der Waals surface area contributed by atoms with Crippen molar-refractivity contribution in [2.45, 2.75) is 51.5 Å². The molecular weight excluding hydrogens is 225 g/mol. The SMILES string of the molecule is CCCNC(c1ccccc1F)C1CCCCC1. The van der Waals surface area contributed by atoms with E-state index < -0.39 is 0 Å². The average Bonchev–Trinajstić information content (AvgIpc) is 2.42. The van der Waals surface area contributed by atoms with Crippen LogP contribution in [0.5, 0.6) is 0 Å². The van der Waals surface area contributed by atoms with Crippen LogP contribution in [-0.2, 0) is 0 Å². The molecule has 1 saturated carbocycles. The Morgan fingerprint density at radius 2 is 1.94 bits per heavy atom. The molecule has 0 aliphatic heterocycles. The van der Waals surface area contributed by atoms with Gasteiger partial charge in [-0.3, -0.25) is 0 Å². The van der Waals surface area contributed by atoms with Crippen LogP contribution >= 0.6 is 0 Å². The van der Waals surface area contributed by atoms with Gasteiger partial charge in [-0.15, -0.1) is 0 Å². The normalized spacial score (nSPS) is 18.8. The smallest absolute Gasteiger partial charge is 0.127 e. The fourth-order valence-electron chi connectivity index (χ4n) is 3.03. The highest BCUT2D eigenvalue weighted by Crippen LogP contribution is 2.35. The summed E-state index contributed by atoms with van der Waals surface area (Å²) in [6.45, 7) is 3.13. The molecule has 1 fully saturated rings. The number of rotatable bonds is 5. The Kier molecular flexibility index (Phi) is 5.18. The number of hydrogen-bond donors (Lipinski definition) is 1. The first kappa shape index (κ1) is 13.5. The van der Waals surface area contributed by atoms with Gasteiger partial charge in [-0.05, 0) is 37.8 Å². The minimum absolute atomic E-state index is 0.0586. The van der Waals surface area contributed by atoms with Gasteiger partial charge in [-0.25, -0.2) is 4.39 Å². The maximum atomic E-state index is 14.0. The van der Waals surface area contributed by atoms with Crippen molar-refractivity contribution in [3.63, 3.8) is 0 Å². The molecule has 2 heteroatoms. The fourth-order valence-corrected chi connectivity index (χ4v) is 3.03. The van der Waals surface area contributed by atoms with Gasteiger partial charge in [-0.1, -0.05) is 44.4 Å². The molecule has 1 aliphatic carbocycles. The molecule has 1 aromatic carbocycles. The number of nitrogens with one attached hydrogen (secondary N) is 1. The standard InChI is InChI=1S/C16H24FN/c1-2-12-18-16(13-8-4-3-5-9-13)14-10-6-7-11-15(14)17/h6-7,10-11,13,16,18H,2-5,8-9,12H2,1H3. The minimum Gasteiger partial charge on any atom is -0.310 e. The van der Waals surface area contributed by atoms with Crippen LogP contribution in [0.1, 0.15) is 57.1 Å². The van der Waals surface area contributed by atoms with E-state index in [1.807, 2.05) is 12.1 Å². The number of hydrogen-bond acceptors (Lipinski definition) is 1. The van der Waals surface area contributed by atoms with E-state index in [4.69, 9.17) is 0 Å². The van der Waals surface area contributed by atoms with Crippen molar-refractivity contribution in [2.24, 2.45) is 5.92 Å². The summed E-state index contributed by atoms with van der Waals surface area (Å²) in [5.74, 6) is 0.541. The van der Waals surface area contributed by atoms with Crippen LogP contribution in [0.2, 0.25) is 0 Å². The maximum absolute atomic E-state index is 14.0. The Bertz CT molecular complexity index is 358. The van der Waals surface area contributed by atoms with E-state index in [-0.39, 0.29) is 11.9 Å². The third-order valence-corrected chi connectivity index (χ3v) is 3.98. The molecule has 18 heavy (non-hydrogen) atoms. The zero-order chi connectivity index (χ0) is 12.8. The minimum atomic E-state index is -0.0586. The zero-order valence-electron chi connectivity index (χ0n) is 11.3. The highest BCUT2D eigenvalue weighted by molar-refractivity contribution is 5.22. The Morgan fingerprint density at radius 1 is 1.22 bits per heavy atom. The van der Waals surface area contributed by atoms with Crippen LogP contribution in [0.4, 0.5) is 4.39 Å². The van der Waals surface area contributed by atoms with Crippen LogP contribution in [0.3, 0.4) is 0 Å². The first-order chi connectivity index (χ1) is 8.83. The quantitative estimate of drug-likeness (QED) is 0.813. The van der Waals surface area contributed by atoms with Crippen molar-refractivity contribution in [3.05, 3.63) is 35.6 Å². The Balaban J connectivity index is 2.15. The van der Waals surface area contributed by atoms with E-state index >= 15 is 0 Å². The summed E-state index contributed by atoms with van der Waals surface area (Å²) in [6, 6.07) is 7.44. The lowest BCUT2D eigenvalue weighted by molar-refractivity contribution is 0.267. The van der Waals surface area contributed by atoms with Crippen molar-refractivity contribution in [3.8, 4) is 0 Å². The van der Waals surface area contributed by atoms with Crippen LogP contribution in [-0.4, -0.2) is 6.54 Å². The summed E-state index contributed by atoms with van der Waals surface area (Å²) in [6.07, 6.45) is 7.49. The third kappa shape index (κ3) is 3.32. The molecule has 0 spiro atoms. The molecule has 0 saturated heterocycles. The second-order valence-electron chi connectivity index (χ2n) is 5.35. The van der Waals surface area contributed by atoms with Crippen LogP contribution in [0.15, 0.2) is 24.3 Å². The molecule has 1 nitrogen and oxygen atoms in total. The molecule has 1 N–H and O–H groups in total. The third-order valence-electron chi connectivity index (χ3n) is 3.98. The van der Waals surface area contributed by atoms with E-state index in [2.05, 4.69) is 12.2 Å². The van der Waals surface area contributed by atoms with E-state index in [1.54, 1.807) is 12.1 Å². The molecule has 1 unspecified atom stereocenters. The monoisotopic (exact) mass is 249 g/mol. The van der Waals surface area contributed by atoms with Crippen LogP contribution < -0.4 is 5.32 Å². The molecule has 0 heterocycles. The van der Waals surface area contributed by atoms with E-state index in [1.165, 1.54) is 32.1 Å². The predicted octanol–water partition coefficient (Wildman–Crippen LogP) is 4.45.